The minimum Gasteiger partial charge on any atom is -0.371 e. The maximum Gasteiger partial charge on any atom is 0.254 e. The Hall–Kier alpha value is -3.36. The van der Waals surface area contributed by atoms with Crippen molar-refractivity contribution in [1.29, 1.82) is 0 Å². The highest BCUT2D eigenvalue weighted by atomic mass is 16.1. The summed E-state index contributed by atoms with van der Waals surface area (Å²) in [5, 5.41) is 6.36. The van der Waals surface area contributed by atoms with Gasteiger partial charge in [-0.3, -0.25) is 9.59 Å². The molecule has 0 spiro atoms. The smallest absolute Gasteiger partial charge is 0.254 e. The number of hydrogen-bond acceptors (Lipinski definition) is 7. The van der Waals surface area contributed by atoms with Crippen molar-refractivity contribution in [2.24, 2.45) is 17.4 Å². The van der Waals surface area contributed by atoms with E-state index in [9.17, 15) is 9.59 Å². The number of benzene rings is 1. The number of nitrogens with zero attached hydrogens (tertiary/aromatic N) is 3. The van der Waals surface area contributed by atoms with E-state index in [1.54, 1.807) is 0 Å². The summed E-state index contributed by atoms with van der Waals surface area (Å²) in [6.45, 7) is 1.46. The lowest BCUT2D eigenvalue weighted by Gasteiger charge is -2.18. The lowest BCUT2D eigenvalue weighted by atomic mass is 10.1. The van der Waals surface area contributed by atoms with Crippen molar-refractivity contribution in [3.63, 3.8) is 0 Å². The lowest BCUT2D eigenvalue weighted by Crippen LogP contribution is -2.27. The Morgan fingerprint density at radius 3 is 2.46 bits per heavy atom. The first-order valence-corrected chi connectivity index (χ1v) is 9.34. The van der Waals surface area contributed by atoms with Gasteiger partial charge in [0.25, 0.3) is 5.91 Å². The predicted molar refractivity (Wildman–Crippen MR) is 106 cm³/mol. The molecule has 1 aromatic carbocycles. The van der Waals surface area contributed by atoms with Gasteiger partial charge < -0.3 is 27.0 Å². The predicted octanol–water partition coefficient (Wildman–Crippen LogP) is 1.20. The summed E-state index contributed by atoms with van der Waals surface area (Å²) in [6, 6.07) is 8.14. The van der Waals surface area contributed by atoms with Crippen LogP contribution in [0.15, 0.2) is 30.5 Å². The second-order valence-corrected chi connectivity index (χ2v) is 7.24. The molecule has 4 rings (SSSR count). The standard InChI is InChI=1S/C19H23N7O2/c20-16(27)11-7-8-26(10-11)14-5-3-13(4-6-14)24-19-22-9-15(17(21)28)18(25-19)23-12-1-2-12/h3-6,9,11-12H,1-2,7-8,10H2,(H2,20,27)(H2,21,28)(H2,22,23,24,25). The van der Waals surface area contributed by atoms with Crippen LogP contribution in [0.3, 0.4) is 0 Å². The molecule has 1 atom stereocenters. The molecule has 9 heteroatoms. The van der Waals surface area contributed by atoms with Gasteiger partial charge in [-0.15, -0.1) is 0 Å². The van der Waals surface area contributed by atoms with Crippen LogP contribution in [0.1, 0.15) is 29.6 Å². The number of rotatable bonds is 7. The number of hydrogen-bond donors (Lipinski definition) is 4. The number of carbonyl (C=O) groups excluding carboxylic acids is 2. The monoisotopic (exact) mass is 381 g/mol. The van der Waals surface area contributed by atoms with Crippen LogP contribution in [0.25, 0.3) is 0 Å². The number of primary amides is 2. The number of nitrogens with one attached hydrogen (secondary N) is 2. The molecule has 28 heavy (non-hydrogen) atoms. The molecule has 2 aromatic rings. The number of nitrogens with two attached hydrogens (primary N) is 2. The minimum atomic E-state index is -0.557. The normalized spacial score (nSPS) is 18.7. The first-order chi connectivity index (χ1) is 13.5. The second kappa shape index (κ2) is 7.34. The van der Waals surface area contributed by atoms with Crippen molar-refractivity contribution in [2.75, 3.05) is 28.6 Å². The van der Waals surface area contributed by atoms with Gasteiger partial charge in [-0.2, -0.15) is 4.98 Å². The van der Waals surface area contributed by atoms with Crippen LogP contribution < -0.4 is 27.0 Å². The molecule has 9 nitrogen and oxygen atoms in total. The van der Waals surface area contributed by atoms with Crippen LogP contribution in [0, 0.1) is 5.92 Å². The minimum absolute atomic E-state index is 0.0904. The maximum absolute atomic E-state index is 11.6. The van der Waals surface area contributed by atoms with Gasteiger partial charge in [-0.1, -0.05) is 0 Å². The van der Waals surface area contributed by atoms with Crippen molar-refractivity contribution in [1.82, 2.24) is 9.97 Å². The topological polar surface area (TPSA) is 139 Å². The van der Waals surface area contributed by atoms with E-state index in [0.29, 0.717) is 24.4 Å². The van der Waals surface area contributed by atoms with Crippen molar-refractivity contribution in [2.45, 2.75) is 25.3 Å². The van der Waals surface area contributed by atoms with Crippen LogP contribution in [0.5, 0.6) is 0 Å². The van der Waals surface area contributed by atoms with Gasteiger partial charge in [0.1, 0.15) is 5.82 Å². The zero-order chi connectivity index (χ0) is 19.7. The number of anilines is 4. The summed E-state index contributed by atoms with van der Waals surface area (Å²) in [5.41, 5.74) is 12.9. The highest BCUT2D eigenvalue weighted by Crippen LogP contribution is 2.28. The zero-order valence-corrected chi connectivity index (χ0v) is 15.4. The molecule has 146 valence electrons. The van der Waals surface area contributed by atoms with Crippen molar-refractivity contribution < 1.29 is 9.59 Å². The van der Waals surface area contributed by atoms with E-state index in [2.05, 4.69) is 25.5 Å². The molecule has 0 bridgehead atoms. The molecule has 1 saturated heterocycles. The summed E-state index contributed by atoms with van der Waals surface area (Å²) in [4.78, 5) is 33.6. The van der Waals surface area contributed by atoms with E-state index >= 15 is 0 Å². The molecule has 2 heterocycles. The molecule has 2 amide bonds. The Balaban J connectivity index is 1.45. The van der Waals surface area contributed by atoms with Gasteiger partial charge in [-0.05, 0) is 43.5 Å². The molecular weight excluding hydrogens is 358 g/mol. The Bertz CT molecular complexity index is 896. The third-order valence-electron chi connectivity index (χ3n) is 5.05. The van der Waals surface area contributed by atoms with Crippen LogP contribution >= 0.6 is 0 Å². The highest BCUT2D eigenvalue weighted by Gasteiger charge is 2.27. The van der Waals surface area contributed by atoms with Gasteiger partial charge in [-0.25, -0.2) is 4.98 Å². The molecule has 6 N–H and O–H groups in total. The van der Waals surface area contributed by atoms with E-state index in [-0.39, 0.29) is 17.4 Å². The molecule has 2 fully saturated rings. The third-order valence-corrected chi connectivity index (χ3v) is 5.05. The van der Waals surface area contributed by atoms with Gasteiger partial charge in [0.2, 0.25) is 11.9 Å². The van der Waals surface area contributed by atoms with E-state index in [4.69, 9.17) is 11.5 Å². The SMILES string of the molecule is NC(=O)c1cnc(Nc2ccc(N3CCC(C(N)=O)C3)cc2)nc1NC1CC1. The number of amides is 2. The molecule has 1 aliphatic heterocycles. The van der Waals surface area contributed by atoms with Gasteiger partial charge in [0.15, 0.2) is 0 Å². The Labute approximate surface area is 162 Å². The summed E-state index contributed by atoms with van der Waals surface area (Å²) < 4.78 is 0. The van der Waals surface area contributed by atoms with E-state index in [0.717, 1.165) is 37.2 Å². The zero-order valence-electron chi connectivity index (χ0n) is 15.4. The van der Waals surface area contributed by atoms with Crippen LogP contribution in [-0.2, 0) is 4.79 Å². The second-order valence-electron chi connectivity index (χ2n) is 7.24. The third kappa shape index (κ3) is 3.98. The fraction of sp³-hybridized carbons (Fsp3) is 0.368. The average Bonchev–Trinajstić information content (AvgIpc) is 3.33. The van der Waals surface area contributed by atoms with Crippen LogP contribution in [-0.4, -0.2) is 40.9 Å². The van der Waals surface area contributed by atoms with Gasteiger partial charge in [0.05, 0.1) is 11.5 Å². The van der Waals surface area contributed by atoms with Crippen molar-refractivity contribution >= 4 is 35.0 Å². The highest BCUT2D eigenvalue weighted by molar-refractivity contribution is 5.97. The van der Waals surface area contributed by atoms with E-state index in [1.165, 1.54) is 6.20 Å². The Morgan fingerprint density at radius 1 is 1.11 bits per heavy atom. The summed E-state index contributed by atoms with van der Waals surface area (Å²) in [7, 11) is 0. The average molecular weight is 381 g/mol. The molecule has 1 saturated carbocycles. The molecule has 1 aliphatic carbocycles. The molecule has 1 unspecified atom stereocenters. The van der Waals surface area contributed by atoms with Crippen LogP contribution in [0.2, 0.25) is 0 Å². The summed E-state index contributed by atoms with van der Waals surface area (Å²) in [5.74, 6) is -0.0474. The molecular formula is C19H23N7O2. The summed E-state index contributed by atoms with van der Waals surface area (Å²) in [6.07, 6.45) is 4.33. The Kier molecular flexibility index (Phi) is 4.72. The van der Waals surface area contributed by atoms with Crippen molar-refractivity contribution in [3.05, 3.63) is 36.0 Å². The first-order valence-electron chi connectivity index (χ1n) is 9.34. The largest absolute Gasteiger partial charge is 0.371 e. The van der Waals surface area contributed by atoms with E-state index < -0.39 is 5.91 Å². The maximum atomic E-state index is 11.6. The van der Waals surface area contributed by atoms with Crippen molar-refractivity contribution in [3.8, 4) is 0 Å². The fourth-order valence-electron chi connectivity index (χ4n) is 3.27. The van der Waals surface area contributed by atoms with Gasteiger partial charge in [0, 0.05) is 36.7 Å². The molecule has 2 aliphatic rings. The molecule has 0 radical (unpaired) electrons. The summed E-state index contributed by atoms with van der Waals surface area (Å²) >= 11 is 0. The Morgan fingerprint density at radius 2 is 1.86 bits per heavy atom. The number of carbonyl (C=O) groups is 2. The number of aromatic nitrogens is 2. The van der Waals surface area contributed by atoms with Crippen LogP contribution in [0.4, 0.5) is 23.1 Å². The first kappa shape index (κ1) is 18.0. The van der Waals surface area contributed by atoms with Gasteiger partial charge >= 0.3 is 0 Å². The lowest BCUT2D eigenvalue weighted by molar-refractivity contribution is -0.121. The fourth-order valence-corrected chi connectivity index (χ4v) is 3.27. The quantitative estimate of drug-likeness (QED) is 0.565. The van der Waals surface area contributed by atoms with E-state index in [1.807, 2.05) is 24.3 Å². The molecule has 1 aromatic heterocycles.